The monoisotopic (exact) mass is 296 g/mol. The smallest absolute Gasteiger partial charge is 0.227 e. The highest BCUT2D eigenvalue weighted by molar-refractivity contribution is 5.94. The van der Waals surface area contributed by atoms with Gasteiger partial charge in [0.15, 0.2) is 0 Å². The van der Waals surface area contributed by atoms with Crippen LogP contribution in [0.15, 0.2) is 12.1 Å². The molecular weight excluding hydrogens is 272 g/mol. The van der Waals surface area contributed by atoms with Crippen LogP contribution in [-0.2, 0) is 4.79 Å². The molecule has 2 atom stereocenters. The molecule has 1 aliphatic carbocycles. The molecule has 1 aliphatic rings. The van der Waals surface area contributed by atoms with Crippen LogP contribution >= 0.6 is 12.4 Å². The molecule has 1 saturated carbocycles. The van der Waals surface area contributed by atoms with E-state index in [0.717, 1.165) is 42.5 Å². The Morgan fingerprint density at radius 2 is 1.80 bits per heavy atom. The molecule has 3 nitrogen and oxygen atoms in total. The maximum atomic E-state index is 12.3. The van der Waals surface area contributed by atoms with Crippen LogP contribution in [0.5, 0.6) is 0 Å². The molecule has 2 unspecified atom stereocenters. The number of hydrogen-bond acceptors (Lipinski definition) is 2. The fourth-order valence-electron chi connectivity index (χ4n) is 3.07. The highest BCUT2D eigenvalue weighted by atomic mass is 35.5. The number of nitrogens with two attached hydrogens (primary N) is 1. The molecule has 0 saturated heterocycles. The number of hydrogen-bond donors (Lipinski definition) is 2. The van der Waals surface area contributed by atoms with E-state index in [4.69, 9.17) is 5.73 Å². The molecule has 20 heavy (non-hydrogen) atoms. The Kier molecular flexibility index (Phi) is 6.03. The van der Waals surface area contributed by atoms with Gasteiger partial charge < -0.3 is 11.1 Å². The molecule has 0 spiro atoms. The zero-order valence-electron chi connectivity index (χ0n) is 12.5. The van der Waals surface area contributed by atoms with Crippen molar-refractivity contribution in [3.8, 4) is 0 Å². The van der Waals surface area contributed by atoms with Gasteiger partial charge in [-0.15, -0.1) is 12.4 Å². The first kappa shape index (κ1) is 17.0. The summed E-state index contributed by atoms with van der Waals surface area (Å²) in [5.41, 5.74) is 10.4. The Bertz CT molecular complexity index is 464. The number of benzene rings is 1. The second kappa shape index (κ2) is 7.09. The van der Waals surface area contributed by atoms with Crippen molar-refractivity contribution in [1.82, 2.24) is 0 Å². The molecule has 0 aromatic heterocycles. The van der Waals surface area contributed by atoms with Crippen LogP contribution in [0.2, 0.25) is 0 Å². The van der Waals surface area contributed by atoms with E-state index in [1.807, 2.05) is 13.8 Å². The maximum absolute atomic E-state index is 12.3. The van der Waals surface area contributed by atoms with Gasteiger partial charge in [0.2, 0.25) is 5.91 Å². The molecule has 4 heteroatoms. The number of rotatable bonds is 2. The lowest BCUT2D eigenvalue weighted by atomic mass is 9.85. The van der Waals surface area contributed by atoms with Gasteiger partial charge in [0, 0.05) is 17.6 Å². The predicted molar refractivity (Wildman–Crippen MR) is 86.5 cm³/mol. The van der Waals surface area contributed by atoms with Crippen molar-refractivity contribution in [2.75, 3.05) is 5.32 Å². The predicted octanol–water partition coefficient (Wildman–Crippen LogP) is 3.49. The summed E-state index contributed by atoms with van der Waals surface area (Å²) < 4.78 is 0. The molecule has 1 aromatic rings. The SMILES string of the molecule is Cc1cc(C)c(NC(=O)C2CCCC(N)C2)c(C)c1.Cl. The molecule has 2 rings (SSSR count). The van der Waals surface area contributed by atoms with E-state index in [9.17, 15) is 4.79 Å². The summed E-state index contributed by atoms with van der Waals surface area (Å²) in [4.78, 5) is 12.3. The molecular formula is C16H25ClN2O. The summed E-state index contributed by atoms with van der Waals surface area (Å²) in [5, 5.41) is 3.10. The number of amides is 1. The Labute approximate surface area is 127 Å². The van der Waals surface area contributed by atoms with Crippen molar-refractivity contribution in [2.24, 2.45) is 11.7 Å². The summed E-state index contributed by atoms with van der Waals surface area (Å²) in [6.45, 7) is 6.16. The fraction of sp³-hybridized carbons (Fsp3) is 0.562. The highest BCUT2D eigenvalue weighted by Gasteiger charge is 2.25. The van der Waals surface area contributed by atoms with Crippen LogP contribution in [0.25, 0.3) is 0 Å². The van der Waals surface area contributed by atoms with Crippen LogP contribution < -0.4 is 11.1 Å². The largest absolute Gasteiger partial charge is 0.328 e. The summed E-state index contributed by atoms with van der Waals surface area (Å²) in [7, 11) is 0. The van der Waals surface area contributed by atoms with Gasteiger partial charge >= 0.3 is 0 Å². The second-order valence-corrected chi connectivity index (χ2v) is 5.89. The van der Waals surface area contributed by atoms with Crippen molar-refractivity contribution >= 4 is 24.0 Å². The standard InChI is InChI=1S/C16H24N2O.ClH/c1-10-7-11(2)15(12(3)8-10)18-16(19)13-5-4-6-14(17)9-13;/h7-8,13-14H,4-6,9,17H2,1-3H3,(H,18,19);1H. The number of nitrogens with one attached hydrogen (secondary N) is 1. The quantitative estimate of drug-likeness (QED) is 0.878. The topological polar surface area (TPSA) is 55.1 Å². The average molecular weight is 297 g/mol. The molecule has 1 fully saturated rings. The zero-order chi connectivity index (χ0) is 14.0. The first-order valence-corrected chi connectivity index (χ1v) is 7.11. The van der Waals surface area contributed by atoms with E-state index in [0.29, 0.717) is 0 Å². The van der Waals surface area contributed by atoms with Gasteiger partial charge in [-0.25, -0.2) is 0 Å². The van der Waals surface area contributed by atoms with E-state index < -0.39 is 0 Å². The third-order valence-corrected chi connectivity index (χ3v) is 4.01. The lowest BCUT2D eigenvalue weighted by Crippen LogP contribution is -2.34. The van der Waals surface area contributed by atoms with Crippen LogP contribution in [0.1, 0.15) is 42.4 Å². The summed E-state index contributed by atoms with van der Waals surface area (Å²) in [6.07, 6.45) is 3.89. The van der Waals surface area contributed by atoms with E-state index in [2.05, 4.69) is 24.4 Å². The minimum absolute atomic E-state index is 0. The Balaban J connectivity index is 0.00000200. The van der Waals surface area contributed by atoms with E-state index in [1.165, 1.54) is 5.56 Å². The minimum Gasteiger partial charge on any atom is -0.328 e. The molecule has 0 aliphatic heterocycles. The van der Waals surface area contributed by atoms with Gasteiger partial charge in [0.05, 0.1) is 0 Å². The third kappa shape index (κ3) is 3.97. The van der Waals surface area contributed by atoms with Crippen molar-refractivity contribution in [3.63, 3.8) is 0 Å². The van der Waals surface area contributed by atoms with Crippen LogP contribution in [0.3, 0.4) is 0 Å². The van der Waals surface area contributed by atoms with Crippen molar-refractivity contribution < 1.29 is 4.79 Å². The van der Waals surface area contributed by atoms with E-state index >= 15 is 0 Å². The van der Waals surface area contributed by atoms with Gasteiger partial charge in [-0.2, -0.15) is 0 Å². The molecule has 3 N–H and O–H groups in total. The van der Waals surface area contributed by atoms with E-state index in [1.54, 1.807) is 0 Å². The fourth-order valence-corrected chi connectivity index (χ4v) is 3.07. The molecule has 0 heterocycles. The molecule has 0 radical (unpaired) electrons. The number of carbonyl (C=O) groups is 1. The molecule has 1 amide bonds. The van der Waals surface area contributed by atoms with Crippen LogP contribution in [-0.4, -0.2) is 11.9 Å². The third-order valence-electron chi connectivity index (χ3n) is 4.01. The number of anilines is 1. The van der Waals surface area contributed by atoms with Crippen molar-refractivity contribution in [3.05, 3.63) is 28.8 Å². The zero-order valence-corrected chi connectivity index (χ0v) is 13.3. The first-order chi connectivity index (χ1) is 8.97. The Morgan fingerprint density at radius 1 is 1.20 bits per heavy atom. The summed E-state index contributed by atoms with van der Waals surface area (Å²) in [6, 6.07) is 4.40. The van der Waals surface area contributed by atoms with Gasteiger partial charge in [0.1, 0.15) is 0 Å². The normalized spacial score (nSPS) is 22.0. The van der Waals surface area contributed by atoms with Gasteiger partial charge in [-0.1, -0.05) is 24.1 Å². The average Bonchev–Trinajstić information content (AvgIpc) is 2.33. The second-order valence-electron chi connectivity index (χ2n) is 5.89. The van der Waals surface area contributed by atoms with Gasteiger partial charge in [-0.3, -0.25) is 4.79 Å². The molecule has 1 aromatic carbocycles. The van der Waals surface area contributed by atoms with Crippen molar-refractivity contribution in [1.29, 1.82) is 0 Å². The van der Waals surface area contributed by atoms with Gasteiger partial charge in [-0.05, 0) is 51.2 Å². The maximum Gasteiger partial charge on any atom is 0.227 e. The highest BCUT2D eigenvalue weighted by Crippen LogP contribution is 2.27. The Hall–Kier alpha value is -1.06. The summed E-state index contributed by atoms with van der Waals surface area (Å²) in [5.74, 6) is 0.203. The van der Waals surface area contributed by atoms with E-state index in [-0.39, 0.29) is 30.3 Å². The molecule has 112 valence electrons. The summed E-state index contributed by atoms with van der Waals surface area (Å²) >= 11 is 0. The minimum atomic E-state index is 0. The van der Waals surface area contributed by atoms with Gasteiger partial charge in [0.25, 0.3) is 0 Å². The number of aryl methyl sites for hydroxylation is 3. The molecule has 0 bridgehead atoms. The first-order valence-electron chi connectivity index (χ1n) is 7.11. The lowest BCUT2D eigenvalue weighted by molar-refractivity contribution is -0.120. The van der Waals surface area contributed by atoms with Crippen molar-refractivity contribution in [2.45, 2.75) is 52.5 Å². The van der Waals surface area contributed by atoms with Crippen LogP contribution in [0, 0.1) is 26.7 Å². The lowest BCUT2D eigenvalue weighted by Gasteiger charge is -2.26. The number of halogens is 1. The van der Waals surface area contributed by atoms with Crippen LogP contribution in [0.4, 0.5) is 5.69 Å². The Morgan fingerprint density at radius 3 is 2.35 bits per heavy atom. The number of carbonyl (C=O) groups excluding carboxylic acids is 1.